The number of aromatic nitrogens is 4. The molecule has 7 nitrogen and oxygen atoms in total. The van der Waals surface area contributed by atoms with Crippen LogP contribution in [0.4, 0.5) is 0 Å². The van der Waals surface area contributed by atoms with Gasteiger partial charge >= 0.3 is 5.69 Å². The zero-order chi connectivity index (χ0) is 16.5. The second-order valence-corrected chi connectivity index (χ2v) is 5.56. The lowest BCUT2D eigenvalue weighted by atomic mass is 10.2. The van der Waals surface area contributed by atoms with Crippen LogP contribution in [0.5, 0.6) is 0 Å². The van der Waals surface area contributed by atoms with Crippen LogP contribution in [0.1, 0.15) is 16.2 Å². The zero-order valence-corrected chi connectivity index (χ0v) is 12.9. The summed E-state index contributed by atoms with van der Waals surface area (Å²) in [6, 6.07) is 12.6. The van der Waals surface area contributed by atoms with E-state index in [1.807, 2.05) is 18.2 Å². The van der Waals surface area contributed by atoms with Crippen LogP contribution >= 0.6 is 0 Å². The van der Waals surface area contributed by atoms with Crippen molar-refractivity contribution >= 4 is 5.91 Å². The molecule has 120 valence electrons. The smallest absolute Gasteiger partial charge is 0.329 e. The van der Waals surface area contributed by atoms with Gasteiger partial charge in [0.2, 0.25) is 0 Å². The third kappa shape index (κ3) is 2.40. The van der Waals surface area contributed by atoms with Gasteiger partial charge in [-0.25, -0.2) is 4.79 Å². The fourth-order valence-electron chi connectivity index (χ4n) is 2.84. The molecule has 3 heterocycles. The van der Waals surface area contributed by atoms with Crippen molar-refractivity contribution in [3.8, 4) is 5.69 Å². The van der Waals surface area contributed by atoms with E-state index in [0.29, 0.717) is 36.7 Å². The monoisotopic (exact) mass is 321 g/mol. The molecule has 0 aliphatic carbocycles. The molecule has 0 bridgehead atoms. The van der Waals surface area contributed by atoms with Crippen molar-refractivity contribution in [2.75, 3.05) is 6.54 Å². The Hall–Kier alpha value is -3.22. The first kappa shape index (κ1) is 14.4. The highest BCUT2D eigenvalue weighted by molar-refractivity contribution is 5.94. The molecular weight excluding hydrogens is 306 g/mol. The van der Waals surface area contributed by atoms with E-state index >= 15 is 0 Å². The number of hydrogen-bond donors (Lipinski definition) is 0. The molecule has 0 atom stereocenters. The van der Waals surface area contributed by atoms with Gasteiger partial charge in [-0.3, -0.25) is 14.3 Å². The molecule has 7 heteroatoms. The molecule has 3 aromatic rings. The molecule has 0 N–H and O–H groups in total. The van der Waals surface area contributed by atoms with E-state index in [4.69, 9.17) is 0 Å². The summed E-state index contributed by atoms with van der Waals surface area (Å²) < 4.78 is 2.97. The van der Waals surface area contributed by atoms with Gasteiger partial charge in [0.1, 0.15) is 0 Å². The number of nitrogens with zero attached hydrogens (tertiary/aromatic N) is 5. The normalized spacial score (nSPS) is 13.6. The van der Waals surface area contributed by atoms with Crippen molar-refractivity contribution in [2.24, 2.45) is 0 Å². The Balaban J connectivity index is 1.65. The van der Waals surface area contributed by atoms with Crippen molar-refractivity contribution in [1.82, 2.24) is 24.2 Å². The molecule has 1 aliphatic heterocycles. The number of fused-ring (bicyclic) bond motifs is 1. The molecular formula is C17H15N5O2. The summed E-state index contributed by atoms with van der Waals surface area (Å²) >= 11 is 0. The summed E-state index contributed by atoms with van der Waals surface area (Å²) in [5, 5.41) is 4.39. The first-order valence-electron chi connectivity index (χ1n) is 7.67. The van der Waals surface area contributed by atoms with Gasteiger partial charge in [-0.15, -0.1) is 5.10 Å². The van der Waals surface area contributed by atoms with Crippen molar-refractivity contribution < 1.29 is 4.79 Å². The van der Waals surface area contributed by atoms with Gasteiger partial charge in [-0.2, -0.15) is 4.68 Å². The molecule has 0 radical (unpaired) electrons. The molecule has 2 aromatic heterocycles. The topological polar surface area (TPSA) is 73.0 Å². The van der Waals surface area contributed by atoms with E-state index in [2.05, 4.69) is 10.1 Å². The lowest BCUT2D eigenvalue weighted by molar-refractivity contribution is 0.0706. The second-order valence-electron chi connectivity index (χ2n) is 5.56. The Kier molecular flexibility index (Phi) is 3.45. The van der Waals surface area contributed by atoms with Crippen LogP contribution in [-0.2, 0) is 13.1 Å². The minimum atomic E-state index is -0.192. The maximum Gasteiger partial charge on any atom is 0.350 e. The molecule has 0 saturated carbocycles. The van der Waals surface area contributed by atoms with Crippen molar-refractivity contribution in [3.63, 3.8) is 0 Å². The quantitative estimate of drug-likeness (QED) is 0.708. The number of amides is 1. The van der Waals surface area contributed by atoms with Crippen LogP contribution in [0.2, 0.25) is 0 Å². The van der Waals surface area contributed by atoms with Crippen LogP contribution in [0.3, 0.4) is 0 Å². The summed E-state index contributed by atoms with van der Waals surface area (Å²) in [4.78, 5) is 30.7. The summed E-state index contributed by atoms with van der Waals surface area (Å²) in [5.74, 6) is 0.542. The third-order valence-electron chi connectivity index (χ3n) is 4.08. The number of benzene rings is 1. The molecule has 24 heavy (non-hydrogen) atoms. The first-order chi connectivity index (χ1) is 11.7. The van der Waals surface area contributed by atoms with E-state index in [-0.39, 0.29) is 11.6 Å². The van der Waals surface area contributed by atoms with Crippen LogP contribution < -0.4 is 5.69 Å². The highest BCUT2D eigenvalue weighted by Crippen LogP contribution is 2.13. The standard InChI is InChI=1S/C17H15N5O2/c23-16(13-4-2-1-3-5-13)20-10-11-21-15(12-20)19-22(17(21)24)14-6-8-18-9-7-14/h1-9H,10-12H2. The molecule has 0 spiro atoms. The number of carbonyl (C=O) groups is 1. The predicted molar refractivity (Wildman–Crippen MR) is 86.8 cm³/mol. The van der Waals surface area contributed by atoms with E-state index in [1.165, 1.54) is 4.68 Å². The number of carbonyl (C=O) groups excluding carboxylic acids is 1. The Morgan fingerprint density at radius 3 is 2.50 bits per heavy atom. The average molecular weight is 321 g/mol. The molecule has 0 unspecified atom stereocenters. The Bertz CT molecular complexity index is 931. The van der Waals surface area contributed by atoms with Crippen molar-refractivity contribution in [1.29, 1.82) is 0 Å². The van der Waals surface area contributed by atoms with E-state index in [1.54, 1.807) is 46.1 Å². The minimum absolute atomic E-state index is 0.0484. The lowest BCUT2D eigenvalue weighted by Gasteiger charge is -2.26. The van der Waals surface area contributed by atoms with Crippen molar-refractivity contribution in [2.45, 2.75) is 13.1 Å². The number of hydrogen-bond acceptors (Lipinski definition) is 4. The van der Waals surface area contributed by atoms with Crippen LogP contribution in [0, 0.1) is 0 Å². The fourth-order valence-corrected chi connectivity index (χ4v) is 2.84. The summed E-state index contributed by atoms with van der Waals surface area (Å²) in [6.07, 6.45) is 3.23. The second kappa shape index (κ2) is 5.77. The summed E-state index contributed by atoms with van der Waals surface area (Å²) in [7, 11) is 0. The molecule has 0 fully saturated rings. The van der Waals surface area contributed by atoms with E-state index in [0.717, 1.165) is 0 Å². The van der Waals surface area contributed by atoms with Crippen molar-refractivity contribution in [3.05, 3.63) is 76.7 Å². The predicted octanol–water partition coefficient (Wildman–Crippen LogP) is 1.08. The highest BCUT2D eigenvalue weighted by Gasteiger charge is 2.25. The SMILES string of the molecule is O=C(c1ccccc1)N1CCn2c(nn(-c3ccncc3)c2=O)C1. The van der Waals surface area contributed by atoms with Crippen LogP contribution in [0.15, 0.2) is 59.7 Å². The van der Waals surface area contributed by atoms with Crippen LogP contribution in [-0.4, -0.2) is 36.7 Å². The first-order valence-corrected chi connectivity index (χ1v) is 7.67. The van der Waals surface area contributed by atoms with E-state index < -0.39 is 0 Å². The summed E-state index contributed by atoms with van der Waals surface area (Å²) in [6.45, 7) is 1.25. The van der Waals surface area contributed by atoms with Gasteiger partial charge in [-0.1, -0.05) is 18.2 Å². The maximum absolute atomic E-state index is 12.6. The Morgan fingerprint density at radius 2 is 1.75 bits per heavy atom. The van der Waals surface area contributed by atoms with E-state index in [9.17, 15) is 9.59 Å². The largest absolute Gasteiger partial charge is 0.350 e. The van der Waals surface area contributed by atoms with Gasteiger partial charge in [0.05, 0.1) is 12.2 Å². The fraction of sp³-hybridized carbons (Fsp3) is 0.176. The number of pyridine rings is 1. The van der Waals surface area contributed by atoms with Gasteiger partial charge in [0.15, 0.2) is 5.82 Å². The minimum Gasteiger partial charge on any atom is -0.329 e. The third-order valence-corrected chi connectivity index (χ3v) is 4.08. The molecule has 4 rings (SSSR count). The zero-order valence-electron chi connectivity index (χ0n) is 12.9. The Morgan fingerprint density at radius 1 is 1.00 bits per heavy atom. The van der Waals surface area contributed by atoms with Crippen LogP contribution in [0.25, 0.3) is 5.69 Å². The van der Waals surface area contributed by atoms with Gasteiger partial charge in [-0.05, 0) is 24.3 Å². The molecule has 1 aliphatic rings. The van der Waals surface area contributed by atoms with Gasteiger partial charge in [0, 0.05) is 31.0 Å². The summed E-state index contributed by atoms with van der Waals surface area (Å²) in [5.41, 5.74) is 1.11. The molecule has 1 amide bonds. The number of rotatable bonds is 2. The molecule has 0 saturated heterocycles. The highest BCUT2D eigenvalue weighted by atomic mass is 16.2. The average Bonchev–Trinajstić information content (AvgIpc) is 2.99. The van der Waals surface area contributed by atoms with Gasteiger partial charge in [0.25, 0.3) is 5.91 Å². The van der Waals surface area contributed by atoms with Gasteiger partial charge < -0.3 is 4.90 Å². The maximum atomic E-state index is 12.6. The molecule has 1 aromatic carbocycles. The Labute approximate surface area is 137 Å². The lowest BCUT2D eigenvalue weighted by Crippen LogP contribution is -2.40.